The number of rotatable bonds is 4. The Labute approximate surface area is 77.5 Å². The zero-order valence-corrected chi connectivity index (χ0v) is 7.91. The second kappa shape index (κ2) is 4.64. The molecule has 4 heteroatoms. The zero-order valence-electron chi connectivity index (χ0n) is 7.91. The minimum atomic E-state index is -0.171. The zero-order chi connectivity index (χ0) is 9.68. The molecule has 0 aliphatic carbocycles. The van der Waals surface area contributed by atoms with Crippen molar-refractivity contribution < 1.29 is 9.53 Å². The fourth-order valence-electron chi connectivity index (χ4n) is 1.02. The van der Waals surface area contributed by atoms with Crippen molar-refractivity contribution in [2.75, 3.05) is 6.61 Å². The van der Waals surface area contributed by atoms with Gasteiger partial charge in [0.2, 0.25) is 0 Å². The first-order chi connectivity index (χ1) is 6.24. The maximum absolute atomic E-state index is 11.0. The fourth-order valence-corrected chi connectivity index (χ4v) is 1.02. The summed E-state index contributed by atoms with van der Waals surface area (Å²) in [6.07, 6.45) is 4.83. The molecule has 0 fully saturated rings. The molecule has 4 nitrogen and oxygen atoms in total. The van der Waals surface area contributed by atoms with Gasteiger partial charge in [-0.25, -0.2) is 4.98 Å². The summed E-state index contributed by atoms with van der Waals surface area (Å²) in [6, 6.07) is 0. The molecule has 0 amide bonds. The molecule has 0 spiro atoms. The molecule has 1 aromatic heterocycles. The summed E-state index contributed by atoms with van der Waals surface area (Å²) in [7, 11) is 0. The van der Waals surface area contributed by atoms with E-state index in [1.807, 2.05) is 11.5 Å². The van der Waals surface area contributed by atoms with Crippen molar-refractivity contribution in [1.29, 1.82) is 0 Å². The monoisotopic (exact) mass is 181 g/mol. The van der Waals surface area contributed by atoms with Gasteiger partial charge in [-0.05, 0) is 13.8 Å². The summed E-state index contributed by atoms with van der Waals surface area (Å²) in [5.74, 6) is 0.694. The van der Waals surface area contributed by atoms with Gasteiger partial charge in [0.25, 0.3) is 0 Å². The Balaban J connectivity index is 2.35. The molecule has 1 aromatic rings. The van der Waals surface area contributed by atoms with Crippen LogP contribution in [-0.2, 0) is 16.1 Å². The molecule has 0 saturated carbocycles. The third-order valence-electron chi connectivity index (χ3n) is 1.72. The molecule has 0 N–H and O–H groups in total. The van der Waals surface area contributed by atoms with Crippen molar-refractivity contribution in [3.05, 3.63) is 18.2 Å². The van der Waals surface area contributed by atoms with Crippen LogP contribution < -0.4 is 0 Å². The van der Waals surface area contributed by atoms with Gasteiger partial charge in [0.1, 0.15) is 12.0 Å². The average Bonchev–Trinajstić information content (AvgIpc) is 2.48. The molecular weight excluding hydrogens is 168 g/mol. The van der Waals surface area contributed by atoms with E-state index in [1.165, 1.54) is 0 Å². The van der Waals surface area contributed by atoms with E-state index in [0.717, 1.165) is 5.82 Å². The third kappa shape index (κ3) is 2.89. The Morgan fingerprint density at radius 2 is 2.54 bits per heavy atom. The van der Waals surface area contributed by atoms with Gasteiger partial charge >= 0.3 is 5.97 Å². The van der Waals surface area contributed by atoms with E-state index in [9.17, 15) is 4.79 Å². The van der Waals surface area contributed by atoms with Gasteiger partial charge in [-0.3, -0.25) is 4.79 Å². The Morgan fingerprint density at radius 3 is 3.08 bits per heavy atom. The molecule has 13 heavy (non-hydrogen) atoms. The highest BCUT2D eigenvalue weighted by Crippen LogP contribution is 1.97. The quantitative estimate of drug-likeness (QED) is 0.649. The molecule has 0 atom stereocenters. The maximum Gasteiger partial charge on any atom is 0.307 e. The Hall–Kier alpha value is -1.32. The largest absolute Gasteiger partial charge is 0.466 e. The molecule has 0 bridgehead atoms. The Morgan fingerprint density at radius 1 is 1.77 bits per heavy atom. The number of aromatic nitrogens is 2. The number of imidazole rings is 1. The normalized spacial score (nSPS) is 10.0. The topological polar surface area (TPSA) is 44.1 Å². The SMILES string of the molecule is CCOC(=O)CCn1c[c]nc1C. The fraction of sp³-hybridized carbons (Fsp3) is 0.556. The molecule has 0 aliphatic rings. The van der Waals surface area contributed by atoms with Crippen molar-refractivity contribution >= 4 is 5.97 Å². The lowest BCUT2D eigenvalue weighted by Crippen LogP contribution is -2.09. The predicted octanol–water partition coefficient (Wildman–Crippen LogP) is 0.945. The highest BCUT2D eigenvalue weighted by atomic mass is 16.5. The van der Waals surface area contributed by atoms with E-state index in [0.29, 0.717) is 19.6 Å². The van der Waals surface area contributed by atoms with Crippen molar-refractivity contribution in [2.45, 2.75) is 26.8 Å². The van der Waals surface area contributed by atoms with Crippen LogP contribution in [-0.4, -0.2) is 22.1 Å². The number of carbonyl (C=O) groups is 1. The van der Waals surface area contributed by atoms with Crippen LogP contribution in [0.4, 0.5) is 0 Å². The number of ether oxygens (including phenoxy) is 1. The molecule has 71 valence electrons. The minimum Gasteiger partial charge on any atom is -0.466 e. The summed E-state index contributed by atoms with van der Waals surface area (Å²) >= 11 is 0. The predicted molar refractivity (Wildman–Crippen MR) is 47.1 cm³/mol. The molecule has 0 aliphatic heterocycles. The summed E-state index contributed by atoms with van der Waals surface area (Å²) < 4.78 is 6.67. The van der Waals surface area contributed by atoms with E-state index >= 15 is 0 Å². The van der Waals surface area contributed by atoms with Gasteiger partial charge in [-0.2, -0.15) is 0 Å². The second-order valence-corrected chi connectivity index (χ2v) is 2.67. The van der Waals surface area contributed by atoms with Gasteiger partial charge in [0.05, 0.1) is 13.0 Å². The van der Waals surface area contributed by atoms with Crippen molar-refractivity contribution in [3.63, 3.8) is 0 Å². The number of hydrogen-bond donors (Lipinski definition) is 0. The highest BCUT2D eigenvalue weighted by Gasteiger charge is 2.03. The van der Waals surface area contributed by atoms with E-state index in [4.69, 9.17) is 4.74 Å². The van der Waals surface area contributed by atoms with E-state index in [-0.39, 0.29) is 5.97 Å². The summed E-state index contributed by atoms with van der Waals surface area (Å²) in [6.45, 7) is 4.73. The second-order valence-electron chi connectivity index (χ2n) is 2.67. The van der Waals surface area contributed by atoms with Crippen LogP contribution >= 0.6 is 0 Å². The molecule has 0 aromatic carbocycles. The number of carbonyl (C=O) groups excluding carboxylic acids is 1. The van der Waals surface area contributed by atoms with Crippen LogP contribution in [0.2, 0.25) is 0 Å². The van der Waals surface area contributed by atoms with Gasteiger partial charge in [0.15, 0.2) is 0 Å². The minimum absolute atomic E-state index is 0.171. The number of aryl methyl sites for hydroxylation is 2. The van der Waals surface area contributed by atoms with Gasteiger partial charge in [-0.1, -0.05) is 0 Å². The highest BCUT2D eigenvalue weighted by molar-refractivity contribution is 5.69. The van der Waals surface area contributed by atoms with Crippen LogP contribution in [0, 0.1) is 13.1 Å². The summed E-state index contributed by atoms with van der Waals surface area (Å²) in [5, 5.41) is 0. The molecule has 1 radical (unpaired) electrons. The molecular formula is C9H13N2O2. The molecule has 0 saturated heterocycles. The lowest BCUT2D eigenvalue weighted by atomic mass is 10.4. The van der Waals surface area contributed by atoms with Gasteiger partial charge in [-0.15, -0.1) is 0 Å². The number of hydrogen-bond acceptors (Lipinski definition) is 3. The first kappa shape index (κ1) is 9.77. The smallest absolute Gasteiger partial charge is 0.307 e. The average molecular weight is 181 g/mol. The maximum atomic E-state index is 11.0. The Bertz CT molecular complexity index is 281. The molecule has 0 unspecified atom stereocenters. The van der Waals surface area contributed by atoms with Gasteiger partial charge < -0.3 is 9.30 Å². The third-order valence-corrected chi connectivity index (χ3v) is 1.72. The van der Waals surface area contributed by atoms with Crippen LogP contribution in [0.25, 0.3) is 0 Å². The summed E-state index contributed by atoms with van der Waals surface area (Å²) in [4.78, 5) is 14.9. The van der Waals surface area contributed by atoms with Crippen LogP contribution in [0.1, 0.15) is 19.2 Å². The standard InChI is InChI=1S/C9H13N2O2/c1-3-13-9(12)4-6-11-7-5-10-8(11)2/h7H,3-4,6H2,1-2H3. The van der Waals surface area contributed by atoms with Gasteiger partial charge in [0, 0.05) is 12.7 Å². The van der Waals surface area contributed by atoms with E-state index in [2.05, 4.69) is 11.2 Å². The van der Waals surface area contributed by atoms with E-state index in [1.54, 1.807) is 13.1 Å². The van der Waals surface area contributed by atoms with Crippen molar-refractivity contribution in [1.82, 2.24) is 9.55 Å². The molecule has 1 heterocycles. The van der Waals surface area contributed by atoms with Crippen LogP contribution in [0.3, 0.4) is 0 Å². The van der Waals surface area contributed by atoms with Crippen LogP contribution in [0.15, 0.2) is 6.20 Å². The van der Waals surface area contributed by atoms with Crippen molar-refractivity contribution in [3.8, 4) is 0 Å². The van der Waals surface area contributed by atoms with Crippen LogP contribution in [0.5, 0.6) is 0 Å². The first-order valence-corrected chi connectivity index (χ1v) is 4.29. The Kier molecular flexibility index (Phi) is 3.49. The van der Waals surface area contributed by atoms with Crippen molar-refractivity contribution in [2.24, 2.45) is 0 Å². The lowest BCUT2D eigenvalue weighted by Gasteiger charge is -2.03. The lowest BCUT2D eigenvalue weighted by molar-refractivity contribution is -0.143. The van der Waals surface area contributed by atoms with E-state index < -0.39 is 0 Å². The molecule has 1 rings (SSSR count). The summed E-state index contributed by atoms with van der Waals surface area (Å²) in [5.41, 5.74) is 0. The first-order valence-electron chi connectivity index (χ1n) is 4.29. The number of nitrogens with zero attached hydrogens (tertiary/aromatic N) is 2. The number of esters is 1.